The fraction of sp³-hybridized carbons (Fsp3) is 0.583. The molecule has 0 atom stereocenters. The Balaban J connectivity index is 2.57. The van der Waals surface area contributed by atoms with Crippen LogP contribution in [-0.4, -0.2) is 36.1 Å². The van der Waals surface area contributed by atoms with E-state index in [9.17, 15) is 0 Å². The number of nitrogens with zero attached hydrogens (tertiary/aromatic N) is 2. The van der Waals surface area contributed by atoms with Crippen molar-refractivity contribution in [1.29, 1.82) is 0 Å². The van der Waals surface area contributed by atoms with Crippen LogP contribution in [0.4, 0.5) is 5.82 Å². The Hall–Kier alpha value is -1.09. The molecule has 1 aromatic heterocycles. The molecule has 0 unspecified atom stereocenters. The molecular weight excluding hydrogens is 186 g/mol. The predicted molar refractivity (Wildman–Crippen MR) is 65.2 cm³/mol. The van der Waals surface area contributed by atoms with E-state index in [-0.39, 0.29) is 5.54 Å². The second-order valence-electron chi connectivity index (χ2n) is 4.72. The predicted octanol–water partition coefficient (Wildman–Crippen LogP) is 2.14. The number of hydrogen-bond acceptors (Lipinski definition) is 3. The van der Waals surface area contributed by atoms with Crippen molar-refractivity contribution in [2.24, 2.45) is 0 Å². The fourth-order valence-corrected chi connectivity index (χ4v) is 1.11. The molecule has 84 valence electrons. The van der Waals surface area contributed by atoms with E-state index >= 15 is 0 Å². The van der Waals surface area contributed by atoms with Crippen molar-refractivity contribution in [3.63, 3.8) is 0 Å². The van der Waals surface area contributed by atoms with Crippen molar-refractivity contribution in [2.45, 2.75) is 26.3 Å². The summed E-state index contributed by atoms with van der Waals surface area (Å²) in [5.41, 5.74) is 1.17. The minimum Gasteiger partial charge on any atom is -0.368 e. The molecule has 0 aliphatic carbocycles. The van der Waals surface area contributed by atoms with E-state index in [4.69, 9.17) is 0 Å². The SMILES string of the molecule is Cc1cccc(NCC(C)(C)N(C)C)n1. The van der Waals surface area contributed by atoms with Crippen LogP contribution in [0, 0.1) is 6.92 Å². The van der Waals surface area contributed by atoms with Crippen molar-refractivity contribution < 1.29 is 0 Å². The molecule has 0 amide bonds. The molecule has 0 bridgehead atoms. The quantitative estimate of drug-likeness (QED) is 0.820. The number of pyridine rings is 1. The zero-order chi connectivity index (χ0) is 11.5. The monoisotopic (exact) mass is 207 g/mol. The lowest BCUT2D eigenvalue weighted by molar-refractivity contribution is 0.210. The highest BCUT2D eigenvalue weighted by molar-refractivity contribution is 5.35. The number of rotatable bonds is 4. The summed E-state index contributed by atoms with van der Waals surface area (Å²) < 4.78 is 0. The zero-order valence-electron chi connectivity index (χ0n) is 10.3. The number of hydrogen-bond donors (Lipinski definition) is 1. The molecule has 1 aromatic rings. The third-order valence-electron chi connectivity index (χ3n) is 2.80. The van der Waals surface area contributed by atoms with Gasteiger partial charge in [0, 0.05) is 17.8 Å². The molecule has 15 heavy (non-hydrogen) atoms. The van der Waals surface area contributed by atoms with E-state index in [0.29, 0.717) is 0 Å². The highest BCUT2D eigenvalue weighted by Gasteiger charge is 2.19. The Morgan fingerprint density at radius 2 is 2.00 bits per heavy atom. The molecule has 3 heteroatoms. The molecule has 1 N–H and O–H groups in total. The van der Waals surface area contributed by atoms with E-state index in [1.54, 1.807) is 0 Å². The number of nitrogens with one attached hydrogen (secondary N) is 1. The van der Waals surface area contributed by atoms with Gasteiger partial charge >= 0.3 is 0 Å². The number of likely N-dealkylation sites (N-methyl/N-ethyl adjacent to an activating group) is 1. The van der Waals surface area contributed by atoms with Crippen LogP contribution in [0.25, 0.3) is 0 Å². The van der Waals surface area contributed by atoms with Crippen LogP contribution < -0.4 is 5.32 Å². The first-order valence-corrected chi connectivity index (χ1v) is 5.27. The molecule has 0 aliphatic heterocycles. The Morgan fingerprint density at radius 1 is 1.33 bits per heavy atom. The van der Waals surface area contributed by atoms with E-state index in [0.717, 1.165) is 18.1 Å². The van der Waals surface area contributed by atoms with Gasteiger partial charge in [0.15, 0.2) is 0 Å². The lowest BCUT2D eigenvalue weighted by atomic mass is 10.0. The van der Waals surface area contributed by atoms with E-state index in [2.05, 4.69) is 43.1 Å². The molecular formula is C12H21N3. The Bertz CT molecular complexity index is 318. The number of aromatic nitrogens is 1. The van der Waals surface area contributed by atoms with Gasteiger partial charge in [0.05, 0.1) is 0 Å². The first kappa shape index (κ1) is 12.0. The maximum atomic E-state index is 4.41. The third-order valence-corrected chi connectivity index (χ3v) is 2.80. The summed E-state index contributed by atoms with van der Waals surface area (Å²) in [4.78, 5) is 6.61. The van der Waals surface area contributed by atoms with Crippen LogP contribution >= 0.6 is 0 Å². The normalized spacial score (nSPS) is 11.9. The highest BCUT2D eigenvalue weighted by Crippen LogP contribution is 2.11. The van der Waals surface area contributed by atoms with Gasteiger partial charge < -0.3 is 10.2 Å². The van der Waals surface area contributed by atoms with Gasteiger partial charge in [-0.3, -0.25) is 0 Å². The van der Waals surface area contributed by atoms with Gasteiger partial charge in [-0.2, -0.15) is 0 Å². The molecule has 0 fully saturated rings. The molecule has 0 aromatic carbocycles. The summed E-state index contributed by atoms with van der Waals surface area (Å²) in [5, 5.41) is 3.35. The van der Waals surface area contributed by atoms with Gasteiger partial charge in [0.2, 0.25) is 0 Å². The van der Waals surface area contributed by atoms with Gasteiger partial charge in [-0.05, 0) is 47.0 Å². The molecule has 1 heterocycles. The second-order valence-corrected chi connectivity index (χ2v) is 4.72. The van der Waals surface area contributed by atoms with Crippen molar-refractivity contribution >= 4 is 5.82 Å². The van der Waals surface area contributed by atoms with Crippen LogP contribution in [0.5, 0.6) is 0 Å². The maximum absolute atomic E-state index is 4.41. The average molecular weight is 207 g/mol. The lowest BCUT2D eigenvalue weighted by Gasteiger charge is -2.32. The van der Waals surface area contributed by atoms with E-state index in [1.807, 2.05) is 25.1 Å². The third kappa shape index (κ3) is 3.51. The molecule has 0 saturated carbocycles. The smallest absolute Gasteiger partial charge is 0.126 e. The van der Waals surface area contributed by atoms with E-state index in [1.165, 1.54) is 0 Å². The van der Waals surface area contributed by atoms with Gasteiger partial charge in [-0.25, -0.2) is 4.98 Å². The Kier molecular flexibility index (Phi) is 3.69. The number of aryl methyl sites for hydroxylation is 1. The fourth-order valence-electron chi connectivity index (χ4n) is 1.11. The van der Waals surface area contributed by atoms with Crippen molar-refractivity contribution in [2.75, 3.05) is 26.0 Å². The minimum atomic E-state index is 0.130. The van der Waals surface area contributed by atoms with Crippen LogP contribution in [-0.2, 0) is 0 Å². The summed E-state index contributed by atoms with van der Waals surface area (Å²) in [6.07, 6.45) is 0. The molecule has 0 saturated heterocycles. The first-order chi connectivity index (χ1) is 6.92. The second kappa shape index (κ2) is 4.62. The van der Waals surface area contributed by atoms with Crippen molar-refractivity contribution in [3.8, 4) is 0 Å². The van der Waals surface area contributed by atoms with Gasteiger partial charge in [0.1, 0.15) is 5.82 Å². The van der Waals surface area contributed by atoms with E-state index < -0.39 is 0 Å². The maximum Gasteiger partial charge on any atom is 0.126 e. The Morgan fingerprint density at radius 3 is 2.53 bits per heavy atom. The Labute approximate surface area is 92.5 Å². The summed E-state index contributed by atoms with van der Waals surface area (Å²) in [5.74, 6) is 0.949. The molecule has 1 rings (SSSR count). The molecule has 3 nitrogen and oxygen atoms in total. The van der Waals surface area contributed by atoms with Crippen molar-refractivity contribution in [1.82, 2.24) is 9.88 Å². The topological polar surface area (TPSA) is 28.2 Å². The zero-order valence-corrected chi connectivity index (χ0v) is 10.3. The average Bonchev–Trinajstić information content (AvgIpc) is 2.15. The lowest BCUT2D eigenvalue weighted by Crippen LogP contribution is -2.44. The summed E-state index contributed by atoms with van der Waals surface area (Å²) >= 11 is 0. The standard InChI is InChI=1S/C12H21N3/c1-10-7-6-8-11(14-10)13-9-12(2,3)15(4)5/h6-8H,9H2,1-5H3,(H,13,14). The van der Waals surface area contributed by atoms with Gasteiger partial charge in [-0.15, -0.1) is 0 Å². The summed E-state index contributed by atoms with van der Waals surface area (Å²) in [7, 11) is 4.18. The molecule has 0 aliphatic rings. The van der Waals surface area contributed by atoms with Crippen LogP contribution in [0.15, 0.2) is 18.2 Å². The van der Waals surface area contributed by atoms with Crippen molar-refractivity contribution in [3.05, 3.63) is 23.9 Å². The molecule has 0 radical (unpaired) electrons. The van der Waals surface area contributed by atoms with Crippen LogP contribution in [0.2, 0.25) is 0 Å². The minimum absolute atomic E-state index is 0.130. The van der Waals surface area contributed by atoms with Crippen LogP contribution in [0.3, 0.4) is 0 Å². The first-order valence-electron chi connectivity index (χ1n) is 5.27. The largest absolute Gasteiger partial charge is 0.368 e. The highest BCUT2D eigenvalue weighted by atomic mass is 15.2. The van der Waals surface area contributed by atoms with Gasteiger partial charge in [0.25, 0.3) is 0 Å². The summed E-state index contributed by atoms with van der Waals surface area (Å²) in [6.45, 7) is 7.30. The summed E-state index contributed by atoms with van der Waals surface area (Å²) in [6, 6.07) is 6.02. The number of anilines is 1. The van der Waals surface area contributed by atoms with Crippen LogP contribution in [0.1, 0.15) is 19.5 Å². The van der Waals surface area contributed by atoms with Gasteiger partial charge in [-0.1, -0.05) is 6.07 Å². The molecule has 0 spiro atoms.